The van der Waals surface area contributed by atoms with Gasteiger partial charge in [-0.2, -0.15) is 5.26 Å². The molecule has 1 unspecified atom stereocenters. The lowest BCUT2D eigenvalue weighted by Crippen LogP contribution is -2.40. The van der Waals surface area contributed by atoms with Crippen molar-refractivity contribution in [3.05, 3.63) is 35.9 Å². The van der Waals surface area contributed by atoms with Crippen molar-refractivity contribution >= 4 is 5.91 Å². The van der Waals surface area contributed by atoms with Crippen molar-refractivity contribution in [2.45, 2.75) is 24.8 Å². The van der Waals surface area contributed by atoms with Crippen LogP contribution in [0.1, 0.15) is 24.3 Å². The predicted octanol–water partition coefficient (Wildman–Crippen LogP) is 1.28. The summed E-state index contributed by atoms with van der Waals surface area (Å²) in [4.78, 5) is 14.0. The Balaban J connectivity index is 2.19. The van der Waals surface area contributed by atoms with Gasteiger partial charge < -0.3 is 10.0 Å². The molecule has 0 bridgehead atoms. The molecule has 1 aliphatic rings. The molecule has 1 amide bonds. The Labute approximate surface area is 106 Å². The lowest BCUT2D eigenvalue weighted by molar-refractivity contribution is -0.133. The molecule has 0 radical (unpaired) electrons. The standard InChI is InChI=1S/C14H16N2O2/c15-9-13(11-5-2-1-3-6-11)14(18)16-8-4-7-12(16)10-17/h1-3,5-6,12-13,17H,4,7-8,10H2/t12-,13?/m1/s1. The molecule has 1 aromatic rings. The van der Waals surface area contributed by atoms with E-state index in [4.69, 9.17) is 0 Å². The molecule has 0 aromatic heterocycles. The topological polar surface area (TPSA) is 64.3 Å². The van der Waals surface area contributed by atoms with E-state index in [9.17, 15) is 15.2 Å². The normalized spacial score (nSPS) is 20.4. The first kappa shape index (κ1) is 12.6. The van der Waals surface area contributed by atoms with E-state index < -0.39 is 5.92 Å². The number of nitrogens with zero attached hydrogens (tertiary/aromatic N) is 2. The highest BCUT2D eigenvalue weighted by Crippen LogP contribution is 2.24. The Morgan fingerprint density at radius 2 is 2.22 bits per heavy atom. The molecule has 1 heterocycles. The van der Waals surface area contributed by atoms with Gasteiger partial charge in [-0.05, 0) is 18.4 Å². The molecule has 18 heavy (non-hydrogen) atoms. The molecule has 2 rings (SSSR count). The van der Waals surface area contributed by atoms with Gasteiger partial charge in [0.25, 0.3) is 0 Å². The van der Waals surface area contributed by atoms with Gasteiger partial charge in [-0.1, -0.05) is 30.3 Å². The van der Waals surface area contributed by atoms with Gasteiger partial charge in [0.2, 0.25) is 5.91 Å². The van der Waals surface area contributed by atoms with E-state index in [0.717, 1.165) is 12.8 Å². The third kappa shape index (κ3) is 2.36. The zero-order chi connectivity index (χ0) is 13.0. The number of benzene rings is 1. The van der Waals surface area contributed by atoms with Crippen LogP contribution in [0.4, 0.5) is 0 Å². The Morgan fingerprint density at radius 3 is 2.83 bits per heavy atom. The Morgan fingerprint density at radius 1 is 1.50 bits per heavy atom. The lowest BCUT2D eigenvalue weighted by atomic mass is 9.99. The van der Waals surface area contributed by atoms with Crippen LogP contribution >= 0.6 is 0 Å². The minimum absolute atomic E-state index is 0.0291. The summed E-state index contributed by atoms with van der Waals surface area (Å²) in [5, 5.41) is 18.4. The largest absolute Gasteiger partial charge is 0.394 e. The molecular formula is C14H16N2O2. The average Bonchev–Trinajstić information content (AvgIpc) is 2.89. The summed E-state index contributed by atoms with van der Waals surface area (Å²) >= 11 is 0. The number of carbonyl (C=O) groups excluding carboxylic acids is 1. The van der Waals surface area contributed by atoms with Gasteiger partial charge >= 0.3 is 0 Å². The highest BCUT2D eigenvalue weighted by atomic mass is 16.3. The molecule has 0 spiro atoms. The van der Waals surface area contributed by atoms with Crippen LogP contribution in [0, 0.1) is 11.3 Å². The number of hydrogen-bond acceptors (Lipinski definition) is 3. The first-order valence-electron chi connectivity index (χ1n) is 6.14. The van der Waals surface area contributed by atoms with E-state index in [1.807, 2.05) is 18.2 Å². The number of likely N-dealkylation sites (tertiary alicyclic amines) is 1. The van der Waals surface area contributed by atoms with Gasteiger partial charge in [-0.25, -0.2) is 0 Å². The van der Waals surface area contributed by atoms with E-state index in [1.54, 1.807) is 17.0 Å². The van der Waals surface area contributed by atoms with Crippen LogP contribution in [0.25, 0.3) is 0 Å². The fourth-order valence-corrected chi connectivity index (χ4v) is 2.40. The SMILES string of the molecule is N#CC(C(=O)N1CCC[C@@H]1CO)c1ccccc1. The second-order valence-electron chi connectivity index (χ2n) is 4.48. The second kappa shape index (κ2) is 5.65. The summed E-state index contributed by atoms with van der Waals surface area (Å²) in [5.74, 6) is -0.960. The number of rotatable bonds is 3. The maximum absolute atomic E-state index is 12.3. The Kier molecular flexibility index (Phi) is 3.96. The van der Waals surface area contributed by atoms with E-state index in [-0.39, 0.29) is 18.6 Å². The Bertz CT molecular complexity index is 453. The third-order valence-corrected chi connectivity index (χ3v) is 3.38. The zero-order valence-electron chi connectivity index (χ0n) is 10.1. The van der Waals surface area contributed by atoms with Crippen molar-refractivity contribution in [3.63, 3.8) is 0 Å². The van der Waals surface area contributed by atoms with E-state index in [0.29, 0.717) is 12.1 Å². The van der Waals surface area contributed by atoms with E-state index in [1.165, 1.54) is 0 Å². The summed E-state index contributed by atoms with van der Waals surface area (Å²) in [6.07, 6.45) is 1.71. The van der Waals surface area contributed by atoms with Crippen molar-refractivity contribution in [1.82, 2.24) is 4.90 Å². The maximum Gasteiger partial charge on any atom is 0.244 e. The lowest BCUT2D eigenvalue weighted by Gasteiger charge is -2.25. The van der Waals surface area contributed by atoms with Gasteiger partial charge in [0.15, 0.2) is 0 Å². The smallest absolute Gasteiger partial charge is 0.244 e. The molecule has 1 fully saturated rings. The van der Waals surface area contributed by atoms with Crippen molar-refractivity contribution in [2.24, 2.45) is 0 Å². The summed E-state index contributed by atoms with van der Waals surface area (Å²) in [5.41, 5.74) is 0.716. The van der Waals surface area contributed by atoms with Crippen molar-refractivity contribution in [1.29, 1.82) is 5.26 Å². The van der Waals surface area contributed by atoms with Gasteiger partial charge in [-0.15, -0.1) is 0 Å². The summed E-state index contributed by atoms with van der Waals surface area (Å²) in [7, 11) is 0. The van der Waals surface area contributed by atoms with Crippen molar-refractivity contribution in [3.8, 4) is 6.07 Å². The first-order chi connectivity index (χ1) is 8.77. The van der Waals surface area contributed by atoms with Crippen LogP contribution in [0.3, 0.4) is 0 Å². The summed E-state index contributed by atoms with van der Waals surface area (Å²) in [6.45, 7) is 0.605. The average molecular weight is 244 g/mol. The molecule has 94 valence electrons. The first-order valence-corrected chi connectivity index (χ1v) is 6.14. The van der Waals surface area contributed by atoms with Gasteiger partial charge in [0, 0.05) is 6.54 Å². The maximum atomic E-state index is 12.3. The van der Waals surface area contributed by atoms with Gasteiger partial charge in [0.05, 0.1) is 18.7 Å². The number of aliphatic hydroxyl groups is 1. The third-order valence-electron chi connectivity index (χ3n) is 3.38. The minimum Gasteiger partial charge on any atom is -0.394 e. The van der Waals surface area contributed by atoms with E-state index in [2.05, 4.69) is 6.07 Å². The van der Waals surface area contributed by atoms with Crippen LogP contribution in [-0.2, 0) is 4.79 Å². The van der Waals surface area contributed by atoms with Crippen molar-refractivity contribution in [2.75, 3.05) is 13.2 Å². The highest BCUT2D eigenvalue weighted by molar-refractivity contribution is 5.87. The highest BCUT2D eigenvalue weighted by Gasteiger charge is 2.33. The monoisotopic (exact) mass is 244 g/mol. The zero-order valence-corrected chi connectivity index (χ0v) is 10.1. The minimum atomic E-state index is -0.765. The fourth-order valence-electron chi connectivity index (χ4n) is 2.40. The molecule has 2 atom stereocenters. The fraction of sp³-hybridized carbons (Fsp3) is 0.429. The number of hydrogen-bond donors (Lipinski definition) is 1. The van der Waals surface area contributed by atoms with Crippen LogP contribution in [-0.4, -0.2) is 35.1 Å². The Hall–Kier alpha value is -1.86. The van der Waals surface area contributed by atoms with Gasteiger partial charge in [0.1, 0.15) is 5.92 Å². The molecule has 1 N–H and O–H groups in total. The molecule has 0 saturated carbocycles. The number of nitriles is 1. The van der Waals surface area contributed by atoms with Crippen LogP contribution in [0.5, 0.6) is 0 Å². The molecule has 0 aliphatic carbocycles. The molecule has 1 aromatic carbocycles. The molecule has 1 saturated heterocycles. The number of aliphatic hydroxyl groups excluding tert-OH is 1. The van der Waals surface area contributed by atoms with E-state index >= 15 is 0 Å². The van der Waals surface area contributed by atoms with Crippen LogP contribution in [0.2, 0.25) is 0 Å². The molecule has 4 heteroatoms. The summed E-state index contributed by atoms with van der Waals surface area (Å²) < 4.78 is 0. The number of amides is 1. The van der Waals surface area contributed by atoms with Gasteiger partial charge in [-0.3, -0.25) is 4.79 Å². The molecule has 4 nitrogen and oxygen atoms in total. The second-order valence-corrected chi connectivity index (χ2v) is 4.48. The van der Waals surface area contributed by atoms with Crippen LogP contribution < -0.4 is 0 Å². The number of carbonyl (C=O) groups is 1. The van der Waals surface area contributed by atoms with Crippen LogP contribution in [0.15, 0.2) is 30.3 Å². The van der Waals surface area contributed by atoms with Crippen molar-refractivity contribution < 1.29 is 9.90 Å². The molecule has 1 aliphatic heterocycles. The quantitative estimate of drug-likeness (QED) is 0.871. The predicted molar refractivity (Wildman–Crippen MR) is 66.6 cm³/mol. The summed E-state index contributed by atoms with van der Waals surface area (Å²) in [6, 6.07) is 11.0. The molecular weight excluding hydrogens is 228 g/mol.